The van der Waals surface area contributed by atoms with Crippen molar-refractivity contribution in [3.63, 3.8) is 0 Å². The number of hydrogen-bond donors (Lipinski definition) is 2. The number of aromatic amines is 1. The molecule has 1 aliphatic heterocycles. The molecule has 4 heterocycles. The lowest BCUT2D eigenvalue weighted by atomic mass is 9.73. The molecule has 7 rings (SSSR count). The Hall–Kier alpha value is -4.55. The van der Waals surface area contributed by atoms with Crippen LogP contribution in [-0.4, -0.2) is 42.9 Å². The van der Waals surface area contributed by atoms with Gasteiger partial charge in [-0.25, -0.2) is 0 Å². The summed E-state index contributed by atoms with van der Waals surface area (Å²) in [6, 6.07) is 18.3. The van der Waals surface area contributed by atoms with Gasteiger partial charge in [-0.1, -0.05) is 49.0 Å². The summed E-state index contributed by atoms with van der Waals surface area (Å²) in [5, 5.41) is 26.6. The fourth-order valence-electron chi connectivity index (χ4n) is 6.20. The fraction of sp³-hybridized carbons (Fsp3) is 0.250. The van der Waals surface area contributed by atoms with E-state index in [2.05, 4.69) is 62.2 Å². The maximum atomic E-state index is 9.57. The smallest absolute Gasteiger partial charge is 0.214 e. The second kappa shape index (κ2) is 7.98. The van der Waals surface area contributed by atoms with Crippen molar-refractivity contribution in [1.82, 2.24) is 29.8 Å². The van der Waals surface area contributed by atoms with Crippen LogP contribution in [0.25, 0.3) is 22.3 Å². The molecule has 0 amide bonds. The molecule has 9 nitrogen and oxygen atoms in total. The van der Waals surface area contributed by atoms with Crippen LogP contribution >= 0.6 is 0 Å². The van der Waals surface area contributed by atoms with Crippen LogP contribution in [0.5, 0.6) is 0 Å². The largest absolute Gasteiger partial charge is 0.342 e. The predicted octanol–water partition coefficient (Wildman–Crippen LogP) is 3.78. The third kappa shape index (κ3) is 3.12. The summed E-state index contributed by atoms with van der Waals surface area (Å²) >= 11 is 0. The average Bonchev–Trinajstić information content (AvgIpc) is 3.65. The van der Waals surface area contributed by atoms with Crippen LogP contribution in [0.2, 0.25) is 0 Å². The second-order valence-electron chi connectivity index (χ2n) is 10.1. The van der Waals surface area contributed by atoms with Crippen molar-refractivity contribution in [2.75, 3.05) is 18.0 Å². The zero-order valence-electron chi connectivity index (χ0n) is 20.2. The number of nitrogens with one attached hydrogen (secondary N) is 1. The normalized spacial score (nSPS) is 18.4. The van der Waals surface area contributed by atoms with Crippen molar-refractivity contribution in [1.29, 1.82) is 5.26 Å². The van der Waals surface area contributed by atoms with E-state index in [4.69, 9.17) is 10.7 Å². The van der Waals surface area contributed by atoms with Crippen molar-refractivity contribution in [2.24, 2.45) is 11.1 Å². The van der Waals surface area contributed by atoms with E-state index in [1.165, 1.54) is 11.1 Å². The molecule has 182 valence electrons. The number of rotatable bonds is 3. The number of H-pyrrole nitrogens is 1. The number of piperidine rings is 1. The van der Waals surface area contributed by atoms with E-state index >= 15 is 0 Å². The van der Waals surface area contributed by atoms with E-state index in [1.807, 2.05) is 22.6 Å². The molecule has 9 heteroatoms. The van der Waals surface area contributed by atoms with Crippen molar-refractivity contribution in [3.05, 3.63) is 89.4 Å². The molecule has 3 aromatic heterocycles. The van der Waals surface area contributed by atoms with E-state index < -0.39 is 0 Å². The van der Waals surface area contributed by atoms with Crippen LogP contribution < -0.4 is 10.6 Å². The molecule has 1 atom stereocenters. The minimum atomic E-state index is 0.0636. The summed E-state index contributed by atoms with van der Waals surface area (Å²) in [7, 11) is 0. The molecule has 0 unspecified atom stereocenters. The Bertz CT molecular complexity index is 1730. The van der Waals surface area contributed by atoms with Crippen molar-refractivity contribution >= 4 is 28.2 Å². The highest BCUT2D eigenvalue weighted by Crippen LogP contribution is 2.51. The number of anilines is 1. The number of nitrogens with zero attached hydrogens (tertiary/aromatic N) is 7. The van der Waals surface area contributed by atoms with Crippen LogP contribution in [0.15, 0.2) is 61.4 Å². The van der Waals surface area contributed by atoms with Gasteiger partial charge in [-0.2, -0.15) is 15.3 Å². The molecule has 2 aliphatic rings. The number of hydrogen-bond acceptors (Lipinski definition) is 7. The fourth-order valence-corrected chi connectivity index (χ4v) is 6.20. The highest BCUT2D eigenvalue weighted by atomic mass is 15.4. The first kappa shape index (κ1) is 21.7. The van der Waals surface area contributed by atoms with Gasteiger partial charge in [0.15, 0.2) is 11.3 Å². The highest BCUT2D eigenvalue weighted by Gasteiger charge is 2.46. The number of benzene rings is 2. The lowest BCUT2D eigenvalue weighted by Gasteiger charge is -2.42. The molecule has 37 heavy (non-hydrogen) atoms. The van der Waals surface area contributed by atoms with Crippen LogP contribution in [0.4, 0.5) is 5.95 Å². The Kier molecular flexibility index (Phi) is 4.68. The summed E-state index contributed by atoms with van der Waals surface area (Å²) in [5.74, 6) is 0.782. The lowest BCUT2D eigenvalue weighted by Crippen LogP contribution is -2.45. The van der Waals surface area contributed by atoms with Crippen LogP contribution in [0.3, 0.4) is 0 Å². The number of aromatic nitrogens is 6. The first-order valence-corrected chi connectivity index (χ1v) is 12.4. The molecule has 1 fully saturated rings. The highest BCUT2D eigenvalue weighted by molar-refractivity contribution is 6.01. The minimum Gasteiger partial charge on any atom is -0.342 e. The Morgan fingerprint density at radius 2 is 1.92 bits per heavy atom. The molecular weight excluding hydrogens is 462 g/mol. The van der Waals surface area contributed by atoms with E-state index in [1.54, 1.807) is 12.4 Å². The van der Waals surface area contributed by atoms with E-state index in [9.17, 15) is 5.26 Å². The summed E-state index contributed by atoms with van der Waals surface area (Å²) < 4.78 is 1.92. The second-order valence-corrected chi connectivity index (χ2v) is 10.1. The average molecular weight is 488 g/mol. The van der Waals surface area contributed by atoms with Gasteiger partial charge in [0.05, 0.1) is 17.0 Å². The summed E-state index contributed by atoms with van der Waals surface area (Å²) in [4.78, 5) is 7.25. The zero-order chi connectivity index (χ0) is 25.1. The van der Waals surface area contributed by atoms with Gasteiger partial charge in [0.25, 0.3) is 0 Å². The van der Waals surface area contributed by atoms with Crippen LogP contribution in [0.1, 0.15) is 46.8 Å². The third-order valence-electron chi connectivity index (χ3n) is 8.24. The molecule has 1 aliphatic carbocycles. The maximum Gasteiger partial charge on any atom is 0.214 e. The molecule has 0 bridgehead atoms. The predicted molar refractivity (Wildman–Crippen MR) is 141 cm³/mol. The molecule has 2 aromatic carbocycles. The van der Waals surface area contributed by atoms with Gasteiger partial charge < -0.3 is 10.6 Å². The van der Waals surface area contributed by atoms with Gasteiger partial charge in [0.1, 0.15) is 12.0 Å². The summed E-state index contributed by atoms with van der Waals surface area (Å²) in [6.07, 6.45) is 4.70. The van der Waals surface area contributed by atoms with Gasteiger partial charge in [0, 0.05) is 30.3 Å². The standard InChI is InChI=1S/C28H25N9/c1-17(20-8-4-3-7-19(20)15-29)23-22-25(34-33-23)32-27(37-16-31-35-26(22)37)36-12-10-28(11-13-36)14-18-6-2-5-9-21(18)24(28)30/h2-9,16,24H,1,10-14,30H2,(H,33,34)/t24-/m1/s1. The van der Waals surface area contributed by atoms with Gasteiger partial charge in [-0.3, -0.25) is 9.50 Å². The third-order valence-corrected chi connectivity index (χ3v) is 8.24. The number of fused-ring (bicyclic) bond motifs is 4. The zero-order valence-corrected chi connectivity index (χ0v) is 20.2. The monoisotopic (exact) mass is 487 g/mol. The Labute approximate surface area is 213 Å². The molecule has 5 aromatic rings. The topological polar surface area (TPSA) is 125 Å². The summed E-state index contributed by atoms with van der Waals surface area (Å²) in [5.41, 5.74) is 13.3. The summed E-state index contributed by atoms with van der Waals surface area (Å²) in [6.45, 7) is 5.94. The Balaban J connectivity index is 1.24. The molecule has 1 saturated heterocycles. The van der Waals surface area contributed by atoms with Gasteiger partial charge in [-0.15, -0.1) is 10.2 Å². The first-order chi connectivity index (χ1) is 18.1. The quantitative estimate of drug-likeness (QED) is 0.397. The Morgan fingerprint density at radius 3 is 2.73 bits per heavy atom. The first-order valence-electron chi connectivity index (χ1n) is 12.4. The lowest BCUT2D eigenvalue weighted by molar-refractivity contribution is 0.187. The minimum absolute atomic E-state index is 0.0636. The Morgan fingerprint density at radius 1 is 1.14 bits per heavy atom. The van der Waals surface area contributed by atoms with Gasteiger partial charge in [-0.05, 0) is 41.9 Å². The number of nitriles is 1. The maximum absolute atomic E-state index is 9.57. The molecule has 3 N–H and O–H groups in total. The van der Waals surface area contributed by atoms with Crippen LogP contribution in [0, 0.1) is 16.7 Å². The molecule has 0 radical (unpaired) electrons. The van der Waals surface area contributed by atoms with Gasteiger partial charge >= 0.3 is 0 Å². The van der Waals surface area contributed by atoms with Crippen molar-refractivity contribution in [3.8, 4) is 6.07 Å². The molecule has 1 spiro atoms. The molecular formula is C28H25N9. The van der Waals surface area contributed by atoms with Crippen molar-refractivity contribution in [2.45, 2.75) is 25.3 Å². The van der Waals surface area contributed by atoms with E-state index in [-0.39, 0.29) is 11.5 Å². The van der Waals surface area contributed by atoms with Crippen molar-refractivity contribution < 1.29 is 0 Å². The SMILES string of the molecule is C=C(c1ccccc1C#N)c1n[nH]c2nc(N3CCC4(CC3)Cc3ccccc3[C@H]4N)n3cnnc3c12. The number of nitrogens with two attached hydrogens (primary N) is 1. The van der Waals surface area contributed by atoms with Crippen LogP contribution in [-0.2, 0) is 6.42 Å². The van der Waals surface area contributed by atoms with Gasteiger partial charge in [0.2, 0.25) is 5.95 Å². The van der Waals surface area contributed by atoms with E-state index in [0.717, 1.165) is 49.2 Å². The molecule has 0 saturated carbocycles. The van der Waals surface area contributed by atoms with E-state index in [0.29, 0.717) is 28.1 Å².